The van der Waals surface area contributed by atoms with Gasteiger partial charge < -0.3 is 0 Å². The van der Waals surface area contributed by atoms with Crippen molar-refractivity contribution in [2.75, 3.05) is 0 Å². The Kier molecular flexibility index (Phi) is 3.07. The van der Waals surface area contributed by atoms with Gasteiger partial charge in [0.1, 0.15) is 0 Å². The highest BCUT2D eigenvalue weighted by Crippen LogP contribution is 2.39. The third-order valence-corrected chi connectivity index (χ3v) is 4.02. The van der Waals surface area contributed by atoms with Gasteiger partial charge in [0.25, 0.3) is 0 Å². The Labute approximate surface area is 131 Å². The molecule has 0 saturated carbocycles. The molecule has 0 unspecified atom stereocenters. The van der Waals surface area contributed by atoms with Gasteiger partial charge in [0.2, 0.25) is 11.6 Å². The number of ketones is 1. The lowest BCUT2D eigenvalue weighted by Gasteiger charge is -2.11. The molecule has 3 aromatic rings. The van der Waals surface area contributed by atoms with Crippen molar-refractivity contribution in [1.82, 2.24) is 24.5 Å². The number of aromatic nitrogens is 5. The highest BCUT2D eigenvalue weighted by atomic mass is 19.1. The van der Waals surface area contributed by atoms with E-state index in [9.17, 15) is 9.18 Å². The van der Waals surface area contributed by atoms with E-state index in [1.165, 1.54) is 15.6 Å². The van der Waals surface area contributed by atoms with Crippen molar-refractivity contribution < 1.29 is 9.18 Å². The standard InChI is InChI=1S/C16H14FN5O/c1-21-9-11(8-18-21)14(23)15-19-16-12(17)7-13(22(16)20-15)10-5-3-2-4-6-10/h2-6,8-9,12-13H,7H2,1H3/t12-,13-/m0/s1. The number of fused-ring (bicyclic) bond motifs is 1. The molecule has 0 N–H and O–H groups in total. The third-order valence-electron chi connectivity index (χ3n) is 4.02. The van der Waals surface area contributed by atoms with Crippen LogP contribution >= 0.6 is 0 Å². The van der Waals surface area contributed by atoms with Crippen LogP contribution in [0.1, 0.15) is 46.2 Å². The quantitative estimate of drug-likeness (QED) is 0.696. The number of aryl methyl sites for hydroxylation is 1. The van der Waals surface area contributed by atoms with E-state index in [0.29, 0.717) is 12.0 Å². The molecule has 4 rings (SSSR count). The maximum atomic E-state index is 14.3. The van der Waals surface area contributed by atoms with Gasteiger partial charge >= 0.3 is 0 Å². The molecule has 0 spiro atoms. The maximum absolute atomic E-state index is 14.3. The molecule has 0 saturated heterocycles. The zero-order valence-electron chi connectivity index (χ0n) is 12.4. The van der Waals surface area contributed by atoms with Crippen molar-refractivity contribution in [2.45, 2.75) is 18.6 Å². The van der Waals surface area contributed by atoms with Gasteiger partial charge in [-0.05, 0) is 5.56 Å². The van der Waals surface area contributed by atoms with E-state index in [1.807, 2.05) is 30.3 Å². The van der Waals surface area contributed by atoms with Gasteiger partial charge in [-0.3, -0.25) is 9.48 Å². The Bertz CT molecular complexity index is 870. The summed E-state index contributed by atoms with van der Waals surface area (Å²) in [6.45, 7) is 0. The minimum absolute atomic E-state index is 0.0104. The number of rotatable bonds is 3. The summed E-state index contributed by atoms with van der Waals surface area (Å²) in [6, 6.07) is 9.33. The zero-order valence-corrected chi connectivity index (χ0v) is 12.4. The average Bonchev–Trinajstić information content (AvgIpc) is 3.25. The molecule has 0 radical (unpaired) electrons. The highest BCUT2D eigenvalue weighted by Gasteiger charge is 2.36. The van der Waals surface area contributed by atoms with E-state index in [0.717, 1.165) is 5.56 Å². The summed E-state index contributed by atoms with van der Waals surface area (Å²) in [6.07, 6.45) is 2.12. The van der Waals surface area contributed by atoms with Crippen LogP contribution in [0.25, 0.3) is 0 Å². The largest absolute Gasteiger partial charge is 0.285 e. The summed E-state index contributed by atoms with van der Waals surface area (Å²) < 4.78 is 17.3. The van der Waals surface area contributed by atoms with Gasteiger partial charge in [-0.2, -0.15) is 5.10 Å². The van der Waals surface area contributed by atoms with Crippen LogP contribution < -0.4 is 0 Å². The van der Waals surface area contributed by atoms with Gasteiger partial charge in [-0.15, -0.1) is 5.10 Å². The van der Waals surface area contributed by atoms with Crippen LogP contribution in [0.4, 0.5) is 4.39 Å². The van der Waals surface area contributed by atoms with Gasteiger partial charge in [0.05, 0.1) is 17.8 Å². The Morgan fingerprint density at radius 3 is 2.78 bits per heavy atom. The first-order chi connectivity index (χ1) is 11.1. The van der Waals surface area contributed by atoms with Crippen LogP contribution in [0, 0.1) is 0 Å². The van der Waals surface area contributed by atoms with Crippen molar-refractivity contribution in [3.63, 3.8) is 0 Å². The van der Waals surface area contributed by atoms with E-state index in [2.05, 4.69) is 15.2 Å². The SMILES string of the molecule is Cn1cc(C(=O)c2nc3n(n2)[C@H](c2ccccc2)C[C@@H]3F)cn1. The van der Waals surface area contributed by atoms with Gasteiger partial charge in [-0.25, -0.2) is 14.1 Å². The fraction of sp³-hybridized carbons (Fsp3) is 0.250. The second kappa shape index (κ2) is 5.12. The second-order valence-corrected chi connectivity index (χ2v) is 5.60. The van der Waals surface area contributed by atoms with Crippen LogP contribution in [-0.4, -0.2) is 30.3 Å². The minimum Gasteiger partial charge on any atom is -0.285 e. The van der Waals surface area contributed by atoms with E-state index in [1.54, 1.807) is 13.2 Å². The van der Waals surface area contributed by atoms with Crippen LogP contribution in [0.15, 0.2) is 42.7 Å². The molecule has 6 nitrogen and oxygen atoms in total. The topological polar surface area (TPSA) is 65.6 Å². The first kappa shape index (κ1) is 13.8. The molecule has 1 aromatic carbocycles. The van der Waals surface area contributed by atoms with E-state index in [4.69, 9.17) is 0 Å². The maximum Gasteiger partial charge on any atom is 0.235 e. The highest BCUT2D eigenvalue weighted by molar-refractivity contribution is 6.06. The van der Waals surface area contributed by atoms with Gasteiger partial charge in [0.15, 0.2) is 12.0 Å². The molecular formula is C16H14FN5O. The lowest BCUT2D eigenvalue weighted by molar-refractivity contribution is 0.102. The molecule has 2 aromatic heterocycles. The van der Waals surface area contributed by atoms with E-state index in [-0.39, 0.29) is 23.5 Å². The Hall–Kier alpha value is -2.83. The summed E-state index contributed by atoms with van der Waals surface area (Å²) in [7, 11) is 1.72. The number of carbonyl (C=O) groups is 1. The molecule has 0 aliphatic carbocycles. The summed E-state index contributed by atoms with van der Waals surface area (Å²) in [5.74, 6) is -0.124. The lowest BCUT2D eigenvalue weighted by atomic mass is 10.0. The third kappa shape index (κ3) is 2.25. The minimum atomic E-state index is -1.22. The van der Waals surface area contributed by atoms with Crippen LogP contribution in [0.3, 0.4) is 0 Å². The van der Waals surface area contributed by atoms with Crippen molar-refractivity contribution in [2.24, 2.45) is 7.05 Å². The summed E-state index contributed by atoms with van der Waals surface area (Å²) >= 11 is 0. The number of hydrogen-bond acceptors (Lipinski definition) is 4. The number of halogens is 1. The molecule has 7 heteroatoms. The van der Waals surface area contributed by atoms with Crippen molar-refractivity contribution in [1.29, 1.82) is 0 Å². The normalized spacial score (nSPS) is 19.7. The molecule has 1 aliphatic rings. The van der Waals surface area contributed by atoms with Crippen molar-refractivity contribution in [3.8, 4) is 0 Å². The van der Waals surface area contributed by atoms with Crippen molar-refractivity contribution >= 4 is 5.78 Å². The second-order valence-electron chi connectivity index (χ2n) is 5.60. The first-order valence-corrected chi connectivity index (χ1v) is 7.32. The molecule has 3 heterocycles. The van der Waals surface area contributed by atoms with E-state index < -0.39 is 6.17 Å². The fourth-order valence-corrected chi connectivity index (χ4v) is 2.90. The number of alkyl halides is 1. The Morgan fingerprint density at radius 2 is 2.09 bits per heavy atom. The monoisotopic (exact) mass is 311 g/mol. The molecule has 0 fully saturated rings. The van der Waals surface area contributed by atoms with Crippen LogP contribution in [0.2, 0.25) is 0 Å². The van der Waals surface area contributed by atoms with Crippen LogP contribution in [0.5, 0.6) is 0 Å². The summed E-state index contributed by atoms with van der Waals surface area (Å²) in [5, 5.41) is 8.23. The lowest BCUT2D eigenvalue weighted by Crippen LogP contribution is -2.10. The molecule has 23 heavy (non-hydrogen) atoms. The molecule has 2 atom stereocenters. The van der Waals surface area contributed by atoms with Gasteiger partial charge in [0, 0.05) is 19.7 Å². The first-order valence-electron chi connectivity index (χ1n) is 7.32. The molecular weight excluding hydrogens is 297 g/mol. The predicted octanol–water partition coefficient (Wildman–Crippen LogP) is 2.25. The molecule has 0 amide bonds. The zero-order chi connectivity index (χ0) is 16.0. The predicted molar refractivity (Wildman–Crippen MR) is 79.7 cm³/mol. The number of nitrogens with zero attached hydrogens (tertiary/aromatic N) is 5. The fourth-order valence-electron chi connectivity index (χ4n) is 2.90. The average molecular weight is 311 g/mol. The summed E-state index contributed by atoms with van der Waals surface area (Å²) in [4.78, 5) is 16.5. The van der Waals surface area contributed by atoms with Gasteiger partial charge in [-0.1, -0.05) is 30.3 Å². The summed E-state index contributed by atoms with van der Waals surface area (Å²) in [5.41, 5.74) is 1.35. The van der Waals surface area contributed by atoms with E-state index >= 15 is 0 Å². The number of hydrogen-bond donors (Lipinski definition) is 0. The number of benzene rings is 1. The smallest absolute Gasteiger partial charge is 0.235 e. The molecule has 116 valence electrons. The Balaban J connectivity index is 1.72. The Morgan fingerprint density at radius 1 is 1.30 bits per heavy atom. The molecule has 0 bridgehead atoms. The van der Waals surface area contributed by atoms with Crippen LogP contribution in [-0.2, 0) is 7.05 Å². The number of carbonyl (C=O) groups excluding carboxylic acids is 1. The molecule has 1 aliphatic heterocycles. The van der Waals surface area contributed by atoms with Crippen molar-refractivity contribution in [3.05, 3.63) is 65.5 Å².